The molecule has 0 bridgehead atoms. The molecule has 0 aromatic carbocycles. The van der Waals surface area contributed by atoms with Gasteiger partial charge in [-0.3, -0.25) is 4.98 Å². The maximum atomic E-state index is 5.33. The number of methoxy groups -OCH3 is 1. The van der Waals surface area contributed by atoms with Gasteiger partial charge >= 0.3 is 0 Å². The topological polar surface area (TPSA) is 34.1 Å². The zero-order valence-electron chi connectivity index (χ0n) is 10.7. The summed E-state index contributed by atoms with van der Waals surface area (Å²) in [5, 5.41) is 4.39. The molecule has 3 nitrogen and oxygen atoms in total. The minimum Gasteiger partial charge on any atom is -0.493 e. The molecule has 2 rings (SSSR count). The van der Waals surface area contributed by atoms with Gasteiger partial charge in [0.05, 0.1) is 19.0 Å². The van der Waals surface area contributed by atoms with Gasteiger partial charge in [0.1, 0.15) is 0 Å². The number of pyridine rings is 1. The van der Waals surface area contributed by atoms with Crippen molar-refractivity contribution in [3.63, 3.8) is 0 Å². The van der Waals surface area contributed by atoms with Crippen molar-refractivity contribution in [2.45, 2.75) is 37.5 Å². The van der Waals surface area contributed by atoms with Crippen LogP contribution in [0.2, 0.25) is 0 Å². The van der Waals surface area contributed by atoms with Crippen LogP contribution in [0.15, 0.2) is 12.3 Å². The van der Waals surface area contributed by atoms with E-state index in [0.29, 0.717) is 6.04 Å². The van der Waals surface area contributed by atoms with Crippen LogP contribution in [-0.4, -0.2) is 29.6 Å². The van der Waals surface area contributed by atoms with Crippen molar-refractivity contribution in [1.82, 2.24) is 4.98 Å². The molecule has 0 radical (unpaired) electrons. The predicted octanol–water partition coefficient (Wildman–Crippen LogP) is 3.09. The summed E-state index contributed by atoms with van der Waals surface area (Å²) in [6, 6.07) is 2.63. The number of hydrogen-bond acceptors (Lipinski definition) is 4. The summed E-state index contributed by atoms with van der Waals surface area (Å²) < 4.78 is 5.33. The number of ether oxygens (including phenoxy) is 1. The van der Waals surface area contributed by atoms with Crippen molar-refractivity contribution in [3.05, 3.63) is 18.0 Å². The van der Waals surface area contributed by atoms with Crippen LogP contribution in [-0.2, 0) is 0 Å². The molecule has 4 heteroatoms. The van der Waals surface area contributed by atoms with Crippen molar-refractivity contribution >= 4 is 17.4 Å². The van der Waals surface area contributed by atoms with Crippen LogP contribution < -0.4 is 10.1 Å². The van der Waals surface area contributed by atoms with Crippen LogP contribution in [0.1, 0.15) is 25.0 Å². The Balaban J connectivity index is 2.05. The Bertz CT molecular complexity index is 384. The molecule has 1 aromatic heterocycles. The predicted molar refractivity (Wildman–Crippen MR) is 74.1 cm³/mol. The Morgan fingerprint density at radius 2 is 2.29 bits per heavy atom. The molecule has 1 fully saturated rings. The lowest BCUT2D eigenvalue weighted by Crippen LogP contribution is -2.16. The van der Waals surface area contributed by atoms with Gasteiger partial charge in [-0.2, -0.15) is 11.8 Å². The molecular formula is C13H20N2OS. The average molecular weight is 252 g/mol. The van der Waals surface area contributed by atoms with Gasteiger partial charge in [0.25, 0.3) is 0 Å². The van der Waals surface area contributed by atoms with Crippen molar-refractivity contribution in [2.75, 3.05) is 18.7 Å². The van der Waals surface area contributed by atoms with E-state index in [4.69, 9.17) is 4.74 Å². The molecule has 0 aliphatic heterocycles. The highest BCUT2D eigenvalue weighted by atomic mass is 32.2. The molecule has 1 aliphatic carbocycles. The second-order valence-electron chi connectivity index (χ2n) is 4.54. The summed E-state index contributed by atoms with van der Waals surface area (Å²) in [6.45, 7) is 2.00. The molecule has 2 unspecified atom stereocenters. The summed E-state index contributed by atoms with van der Waals surface area (Å²) >= 11 is 1.98. The zero-order chi connectivity index (χ0) is 12.3. The molecular weight excluding hydrogens is 232 g/mol. The third kappa shape index (κ3) is 3.06. The minimum absolute atomic E-state index is 0.572. The Hall–Kier alpha value is -0.900. The lowest BCUT2D eigenvalue weighted by molar-refractivity contribution is 0.414. The Kier molecular flexibility index (Phi) is 4.15. The van der Waals surface area contributed by atoms with E-state index in [0.717, 1.165) is 22.4 Å². The van der Waals surface area contributed by atoms with Crippen LogP contribution >= 0.6 is 11.8 Å². The Morgan fingerprint density at radius 3 is 2.94 bits per heavy atom. The van der Waals surface area contributed by atoms with E-state index in [-0.39, 0.29) is 0 Å². The first-order valence-corrected chi connectivity index (χ1v) is 7.31. The Morgan fingerprint density at radius 1 is 1.47 bits per heavy atom. The molecule has 1 N–H and O–H groups in total. The van der Waals surface area contributed by atoms with Crippen molar-refractivity contribution in [3.8, 4) is 5.75 Å². The highest BCUT2D eigenvalue weighted by molar-refractivity contribution is 7.99. The first-order valence-electron chi connectivity index (χ1n) is 6.03. The average Bonchev–Trinajstić information content (AvgIpc) is 2.77. The summed E-state index contributed by atoms with van der Waals surface area (Å²) in [6.07, 6.45) is 7.79. The van der Waals surface area contributed by atoms with E-state index in [1.54, 1.807) is 13.3 Å². The Labute approximate surface area is 107 Å². The molecule has 0 saturated heterocycles. The lowest BCUT2D eigenvalue weighted by atomic mass is 10.2. The number of aromatic nitrogens is 1. The van der Waals surface area contributed by atoms with Crippen molar-refractivity contribution in [1.29, 1.82) is 0 Å². The van der Waals surface area contributed by atoms with E-state index in [9.17, 15) is 0 Å². The van der Waals surface area contributed by atoms with Gasteiger partial charge in [0.2, 0.25) is 0 Å². The quantitative estimate of drug-likeness (QED) is 0.893. The number of rotatable bonds is 4. The van der Waals surface area contributed by atoms with Gasteiger partial charge in [-0.1, -0.05) is 0 Å². The van der Waals surface area contributed by atoms with Crippen LogP contribution in [0.4, 0.5) is 5.69 Å². The van der Waals surface area contributed by atoms with Crippen LogP contribution in [0.3, 0.4) is 0 Å². The number of hydrogen-bond donors (Lipinski definition) is 1. The maximum Gasteiger partial charge on any atom is 0.160 e. The molecule has 1 aliphatic rings. The van der Waals surface area contributed by atoms with E-state index in [1.807, 2.05) is 18.7 Å². The minimum atomic E-state index is 0.572. The van der Waals surface area contributed by atoms with Gasteiger partial charge in [-0.15, -0.1) is 0 Å². The van der Waals surface area contributed by atoms with E-state index < -0.39 is 0 Å². The lowest BCUT2D eigenvalue weighted by Gasteiger charge is -2.17. The second kappa shape index (κ2) is 5.63. The molecule has 17 heavy (non-hydrogen) atoms. The van der Waals surface area contributed by atoms with Gasteiger partial charge in [0.15, 0.2) is 5.75 Å². The van der Waals surface area contributed by atoms with Gasteiger partial charge in [-0.25, -0.2) is 0 Å². The first-order chi connectivity index (χ1) is 8.22. The van der Waals surface area contributed by atoms with Crippen molar-refractivity contribution in [2.24, 2.45) is 0 Å². The number of nitrogens with zero attached hydrogens (tertiary/aromatic N) is 1. The van der Waals surface area contributed by atoms with Crippen molar-refractivity contribution < 1.29 is 4.74 Å². The summed E-state index contributed by atoms with van der Waals surface area (Å²) in [4.78, 5) is 4.25. The number of anilines is 1. The largest absolute Gasteiger partial charge is 0.493 e. The van der Waals surface area contributed by atoms with E-state index in [2.05, 4.69) is 22.6 Å². The molecule has 0 spiro atoms. The fraction of sp³-hybridized carbons (Fsp3) is 0.615. The molecule has 94 valence electrons. The van der Waals surface area contributed by atoms with Gasteiger partial charge < -0.3 is 10.1 Å². The van der Waals surface area contributed by atoms with Crippen LogP contribution in [0.25, 0.3) is 0 Å². The van der Waals surface area contributed by atoms with Gasteiger partial charge in [-0.05, 0) is 38.5 Å². The van der Waals surface area contributed by atoms with Gasteiger partial charge in [0, 0.05) is 17.0 Å². The molecule has 1 saturated carbocycles. The fourth-order valence-electron chi connectivity index (χ4n) is 2.33. The molecule has 0 amide bonds. The van der Waals surface area contributed by atoms with Crippen LogP contribution in [0, 0.1) is 6.92 Å². The summed E-state index contributed by atoms with van der Waals surface area (Å²) in [5.74, 6) is 0.836. The highest BCUT2D eigenvalue weighted by Gasteiger charge is 2.24. The highest BCUT2D eigenvalue weighted by Crippen LogP contribution is 2.32. The smallest absolute Gasteiger partial charge is 0.160 e. The number of nitrogens with one attached hydrogen (secondary N) is 1. The first kappa shape index (κ1) is 12.6. The third-order valence-electron chi connectivity index (χ3n) is 3.30. The SMILES string of the molecule is COc1cnc(C)cc1NC1CCC(SC)C1. The standard InChI is InChI=1S/C13H20N2OS/c1-9-6-12(13(16-2)8-14-9)15-10-4-5-11(7-10)17-3/h6,8,10-11H,4-5,7H2,1-3H3,(H,14,15). The monoisotopic (exact) mass is 252 g/mol. The van der Waals surface area contributed by atoms with Crippen LogP contribution in [0.5, 0.6) is 5.75 Å². The fourth-order valence-corrected chi connectivity index (χ4v) is 3.12. The molecule has 2 atom stereocenters. The van der Waals surface area contributed by atoms with E-state index >= 15 is 0 Å². The normalized spacial score (nSPS) is 23.7. The van der Waals surface area contributed by atoms with E-state index in [1.165, 1.54) is 19.3 Å². The summed E-state index contributed by atoms with van der Waals surface area (Å²) in [7, 11) is 1.69. The number of aryl methyl sites for hydroxylation is 1. The summed E-state index contributed by atoms with van der Waals surface area (Å²) in [5.41, 5.74) is 2.10. The third-order valence-corrected chi connectivity index (χ3v) is 4.40. The molecule has 1 heterocycles. The second-order valence-corrected chi connectivity index (χ2v) is 5.68. The molecule has 1 aromatic rings. The number of thioether (sulfide) groups is 1. The maximum absolute atomic E-state index is 5.33. The zero-order valence-corrected chi connectivity index (χ0v) is 11.5.